The third kappa shape index (κ3) is 2.17. The van der Waals surface area contributed by atoms with Crippen LogP contribution in [0.1, 0.15) is 0 Å². The first-order valence-corrected chi connectivity index (χ1v) is 4.68. The number of alkyl halides is 1. The molecule has 0 spiro atoms. The van der Waals surface area contributed by atoms with Gasteiger partial charge in [-0.25, -0.2) is 13.2 Å². The van der Waals surface area contributed by atoms with Crippen LogP contribution in [0.3, 0.4) is 0 Å². The van der Waals surface area contributed by atoms with Gasteiger partial charge in [0.2, 0.25) is 6.86 Å². The van der Waals surface area contributed by atoms with Crippen LogP contribution in [-0.2, 0) is 0 Å². The molecule has 0 fully saturated rings. The summed E-state index contributed by atoms with van der Waals surface area (Å²) in [6.07, 6.45) is 0. The first-order valence-electron chi connectivity index (χ1n) is 3.09. The Hall–Kier alpha value is -0.230. The smallest absolute Gasteiger partial charge is 0.228 e. The molecule has 0 heterocycles. The van der Waals surface area contributed by atoms with Crippen LogP contribution in [0.2, 0.25) is 0 Å². The second-order valence-corrected chi connectivity index (χ2v) is 3.70. The summed E-state index contributed by atoms with van der Waals surface area (Å²) in [6.45, 7) is -1.17. The van der Waals surface area contributed by atoms with Crippen molar-refractivity contribution in [2.45, 2.75) is 0 Å². The summed E-state index contributed by atoms with van der Waals surface area (Å²) >= 11 is 5.50. The number of ether oxygens (including phenoxy) is 1. The minimum atomic E-state index is -1.17. The van der Waals surface area contributed by atoms with Crippen molar-refractivity contribution in [3.05, 3.63) is 26.6 Å². The highest BCUT2D eigenvalue weighted by Gasteiger charge is 2.16. The van der Waals surface area contributed by atoms with Gasteiger partial charge in [0.25, 0.3) is 0 Å². The highest BCUT2D eigenvalue weighted by molar-refractivity contribution is 9.11. The zero-order valence-corrected chi connectivity index (χ0v) is 9.25. The predicted octanol–water partition coefficient (Wildman–Crippen LogP) is 3.80. The van der Waals surface area contributed by atoms with E-state index in [-0.39, 0.29) is 14.7 Å². The summed E-state index contributed by atoms with van der Waals surface area (Å²) in [7, 11) is 0. The van der Waals surface area contributed by atoms with Crippen LogP contribution in [0.4, 0.5) is 13.2 Å². The lowest BCUT2D eigenvalue weighted by Crippen LogP contribution is -1.96. The van der Waals surface area contributed by atoms with Crippen LogP contribution in [0, 0.1) is 11.6 Å². The molecule has 0 atom stereocenters. The van der Waals surface area contributed by atoms with E-state index in [9.17, 15) is 13.2 Å². The molecule has 1 aromatic carbocycles. The van der Waals surface area contributed by atoms with Crippen molar-refractivity contribution in [2.75, 3.05) is 6.86 Å². The van der Waals surface area contributed by atoms with Crippen LogP contribution < -0.4 is 4.74 Å². The second kappa shape index (κ2) is 4.32. The molecule has 1 nitrogen and oxygen atoms in total. The fourth-order valence-corrected chi connectivity index (χ4v) is 1.80. The van der Waals surface area contributed by atoms with Gasteiger partial charge in [-0.15, -0.1) is 0 Å². The molecule has 0 unspecified atom stereocenters. The SMILES string of the molecule is FCOc1cc(Br)c(F)c(Br)c1F. The van der Waals surface area contributed by atoms with Crippen molar-refractivity contribution in [1.82, 2.24) is 0 Å². The van der Waals surface area contributed by atoms with E-state index in [2.05, 4.69) is 36.6 Å². The van der Waals surface area contributed by atoms with Gasteiger partial charge in [-0.2, -0.15) is 0 Å². The maximum Gasteiger partial charge on any atom is 0.228 e. The monoisotopic (exact) mass is 318 g/mol. The van der Waals surface area contributed by atoms with Crippen LogP contribution in [-0.4, -0.2) is 6.86 Å². The summed E-state index contributed by atoms with van der Waals surface area (Å²) in [4.78, 5) is 0. The zero-order chi connectivity index (χ0) is 10.0. The predicted molar refractivity (Wildman–Crippen MR) is 48.4 cm³/mol. The molecule has 0 radical (unpaired) electrons. The lowest BCUT2D eigenvalue weighted by Gasteiger charge is -2.06. The molecule has 1 rings (SSSR count). The van der Waals surface area contributed by atoms with E-state index in [0.29, 0.717) is 0 Å². The first kappa shape index (κ1) is 10.8. The Morgan fingerprint density at radius 3 is 2.38 bits per heavy atom. The fourth-order valence-electron chi connectivity index (χ4n) is 0.715. The van der Waals surface area contributed by atoms with Crippen LogP contribution >= 0.6 is 31.9 Å². The van der Waals surface area contributed by atoms with Crippen molar-refractivity contribution < 1.29 is 17.9 Å². The van der Waals surface area contributed by atoms with Gasteiger partial charge in [-0.1, -0.05) is 0 Å². The van der Waals surface area contributed by atoms with Crippen molar-refractivity contribution in [2.24, 2.45) is 0 Å². The zero-order valence-electron chi connectivity index (χ0n) is 6.08. The lowest BCUT2D eigenvalue weighted by atomic mass is 10.3. The molecule has 0 aliphatic heterocycles. The Balaban J connectivity index is 3.24. The molecular formula is C7H3Br2F3O. The van der Waals surface area contributed by atoms with Gasteiger partial charge in [-0.05, 0) is 31.9 Å². The minimum Gasteiger partial charge on any atom is -0.460 e. The summed E-state index contributed by atoms with van der Waals surface area (Å²) in [5, 5.41) is 0. The number of rotatable bonds is 2. The van der Waals surface area contributed by atoms with E-state index in [1.165, 1.54) is 0 Å². The third-order valence-corrected chi connectivity index (χ3v) is 2.55. The third-order valence-electron chi connectivity index (χ3n) is 1.28. The average Bonchev–Trinajstić information content (AvgIpc) is 2.11. The molecule has 6 heteroatoms. The summed E-state index contributed by atoms with van der Waals surface area (Å²) in [6, 6.07) is 1.02. The summed E-state index contributed by atoms with van der Waals surface area (Å²) in [5.74, 6) is -2.09. The molecule has 0 saturated heterocycles. The van der Waals surface area contributed by atoms with Gasteiger partial charge in [0.05, 0.1) is 8.95 Å². The minimum absolute atomic E-state index is 0.00391. The summed E-state index contributed by atoms with van der Waals surface area (Å²) in [5.41, 5.74) is 0. The van der Waals surface area contributed by atoms with Gasteiger partial charge in [0, 0.05) is 6.07 Å². The molecule has 0 aromatic heterocycles. The topological polar surface area (TPSA) is 9.23 Å². The number of hydrogen-bond donors (Lipinski definition) is 0. The van der Waals surface area contributed by atoms with E-state index in [0.717, 1.165) is 6.07 Å². The van der Waals surface area contributed by atoms with Crippen molar-refractivity contribution in [3.8, 4) is 5.75 Å². The standard InChI is InChI=1S/C7H3Br2F3O/c8-3-1-4(13-2-10)7(12)5(9)6(3)11/h1H,2H2. The molecule has 0 saturated carbocycles. The van der Waals surface area contributed by atoms with Crippen molar-refractivity contribution in [3.63, 3.8) is 0 Å². The normalized spacial score (nSPS) is 10.2. The van der Waals surface area contributed by atoms with E-state index >= 15 is 0 Å². The van der Waals surface area contributed by atoms with Gasteiger partial charge >= 0.3 is 0 Å². The number of halogens is 5. The Morgan fingerprint density at radius 1 is 1.23 bits per heavy atom. The fraction of sp³-hybridized carbons (Fsp3) is 0.143. The molecule has 72 valence electrons. The van der Waals surface area contributed by atoms with Gasteiger partial charge in [0.15, 0.2) is 17.4 Å². The summed E-state index contributed by atoms with van der Waals surface area (Å²) < 4.78 is 41.6. The highest BCUT2D eigenvalue weighted by Crippen LogP contribution is 2.33. The van der Waals surface area contributed by atoms with Gasteiger partial charge < -0.3 is 4.74 Å². The molecule has 0 bridgehead atoms. The number of hydrogen-bond acceptors (Lipinski definition) is 1. The Morgan fingerprint density at radius 2 is 1.85 bits per heavy atom. The van der Waals surface area contributed by atoms with Crippen molar-refractivity contribution >= 4 is 31.9 Å². The first-order chi connectivity index (χ1) is 6.07. The van der Waals surface area contributed by atoms with Gasteiger partial charge in [0.1, 0.15) is 0 Å². The average molecular weight is 320 g/mol. The number of benzene rings is 1. The maximum atomic E-state index is 13.0. The lowest BCUT2D eigenvalue weighted by molar-refractivity contribution is 0.183. The molecular weight excluding hydrogens is 317 g/mol. The quantitative estimate of drug-likeness (QED) is 0.595. The molecule has 0 N–H and O–H groups in total. The Kier molecular flexibility index (Phi) is 3.61. The molecule has 0 aliphatic rings. The second-order valence-electron chi connectivity index (χ2n) is 2.05. The highest BCUT2D eigenvalue weighted by atomic mass is 79.9. The van der Waals surface area contributed by atoms with Crippen LogP contribution in [0.5, 0.6) is 5.75 Å². The van der Waals surface area contributed by atoms with E-state index < -0.39 is 18.5 Å². The molecule has 1 aromatic rings. The molecule has 0 aliphatic carbocycles. The largest absolute Gasteiger partial charge is 0.460 e. The Bertz CT molecular complexity index is 330. The van der Waals surface area contributed by atoms with Crippen molar-refractivity contribution in [1.29, 1.82) is 0 Å². The Labute approximate surface area is 89.1 Å². The van der Waals surface area contributed by atoms with E-state index in [4.69, 9.17) is 0 Å². The van der Waals surface area contributed by atoms with Gasteiger partial charge in [-0.3, -0.25) is 0 Å². The van der Waals surface area contributed by atoms with Crippen LogP contribution in [0.25, 0.3) is 0 Å². The van der Waals surface area contributed by atoms with E-state index in [1.54, 1.807) is 0 Å². The molecule has 0 amide bonds. The maximum absolute atomic E-state index is 13.0. The molecule has 13 heavy (non-hydrogen) atoms. The van der Waals surface area contributed by atoms with Crippen LogP contribution in [0.15, 0.2) is 15.0 Å². The van der Waals surface area contributed by atoms with E-state index in [1.807, 2.05) is 0 Å².